The zero-order chi connectivity index (χ0) is 9.14. The molecule has 0 aliphatic rings. The van der Waals surface area contributed by atoms with Crippen molar-refractivity contribution in [1.29, 1.82) is 0 Å². The molecule has 0 fully saturated rings. The lowest BCUT2D eigenvalue weighted by Gasteiger charge is -1.99. The smallest absolute Gasteiger partial charge is 0.271 e. The SMILES string of the molecule is Nc1cc([N+](=O)[O-])ccc1CCl. The second-order valence-corrected chi connectivity index (χ2v) is 2.54. The van der Waals surface area contributed by atoms with Crippen LogP contribution in [0.5, 0.6) is 0 Å². The van der Waals surface area contributed by atoms with E-state index in [-0.39, 0.29) is 11.6 Å². The average molecular weight is 187 g/mol. The van der Waals surface area contributed by atoms with Crippen molar-refractivity contribution in [2.24, 2.45) is 0 Å². The van der Waals surface area contributed by atoms with Gasteiger partial charge in [0, 0.05) is 23.7 Å². The lowest BCUT2D eigenvalue weighted by molar-refractivity contribution is -0.384. The van der Waals surface area contributed by atoms with Crippen molar-refractivity contribution in [3.8, 4) is 0 Å². The van der Waals surface area contributed by atoms with Crippen molar-refractivity contribution in [2.45, 2.75) is 5.88 Å². The topological polar surface area (TPSA) is 69.2 Å². The molecule has 0 aromatic heterocycles. The van der Waals surface area contributed by atoms with Crippen LogP contribution in [0.4, 0.5) is 11.4 Å². The summed E-state index contributed by atoms with van der Waals surface area (Å²) in [6.45, 7) is 0. The van der Waals surface area contributed by atoms with Crippen LogP contribution in [0.3, 0.4) is 0 Å². The zero-order valence-corrected chi connectivity index (χ0v) is 6.91. The van der Waals surface area contributed by atoms with E-state index in [1.165, 1.54) is 12.1 Å². The summed E-state index contributed by atoms with van der Waals surface area (Å²) in [4.78, 5) is 9.78. The third-order valence-electron chi connectivity index (χ3n) is 1.48. The van der Waals surface area contributed by atoms with Gasteiger partial charge < -0.3 is 5.73 Å². The first-order chi connectivity index (χ1) is 5.65. The highest BCUT2D eigenvalue weighted by molar-refractivity contribution is 6.17. The van der Waals surface area contributed by atoms with Crippen LogP contribution in [0.2, 0.25) is 0 Å². The van der Waals surface area contributed by atoms with Crippen molar-refractivity contribution >= 4 is 23.0 Å². The number of nitrogens with two attached hydrogens (primary N) is 1. The Morgan fingerprint density at radius 2 is 2.25 bits per heavy atom. The second-order valence-electron chi connectivity index (χ2n) is 2.27. The summed E-state index contributed by atoms with van der Waals surface area (Å²) < 4.78 is 0. The van der Waals surface area contributed by atoms with E-state index < -0.39 is 4.92 Å². The number of halogens is 1. The fourth-order valence-electron chi connectivity index (χ4n) is 0.818. The summed E-state index contributed by atoms with van der Waals surface area (Å²) in [7, 11) is 0. The Morgan fingerprint density at radius 1 is 1.58 bits per heavy atom. The number of hydrogen-bond acceptors (Lipinski definition) is 3. The van der Waals surface area contributed by atoms with E-state index in [4.69, 9.17) is 17.3 Å². The van der Waals surface area contributed by atoms with Gasteiger partial charge in [-0.05, 0) is 11.6 Å². The van der Waals surface area contributed by atoms with Crippen LogP contribution < -0.4 is 5.73 Å². The molecule has 5 heteroatoms. The number of anilines is 1. The van der Waals surface area contributed by atoms with Crippen LogP contribution in [0.1, 0.15) is 5.56 Å². The molecule has 0 unspecified atom stereocenters. The number of nitrogen functional groups attached to an aromatic ring is 1. The Kier molecular flexibility index (Phi) is 2.50. The van der Waals surface area contributed by atoms with Crippen LogP contribution in [0.25, 0.3) is 0 Å². The third-order valence-corrected chi connectivity index (χ3v) is 1.77. The van der Waals surface area contributed by atoms with E-state index in [9.17, 15) is 10.1 Å². The molecule has 0 atom stereocenters. The molecule has 1 aromatic rings. The molecule has 0 aliphatic carbocycles. The van der Waals surface area contributed by atoms with Gasteiger partial charge in [-0.25, -0.2) is 0 Å². The molecule has 0 saturated carbocycles. The van der Waals surface area contributed by atoms with Crippen molar-refractivity contribution in [3.63, 3.8) is 0 Å². The molecule has 0 bridgehead atoms. The standard InChI is InChI=1S/C7H7ClN2O2/c8-4-5-1-2-6(10(11)12)3-7(5)9/h1-3H,4,9H2. The van der Waals surface area contributed by atoms with Gasteiger partial charge in [0.1, 0.15) is 0 Å². The van der Waals surface area contributed by atoms with Gasteiger partial charge >= 0.3 is 0 Å². The van der Waals surface area contributed by atoms with Gasteiger partial charge in [-0.3, -0.25) is 10.1 Å². The Hall–Kier alpha value is -1.29. The molecular formula is C7H7ClN2O2. The Labute approximate surface area is 74.1 Å². The van der Waals surface area contributed by atoms with Gasteiger partial charge in [0.25, 0.3) is 5.69 Å². The van der Waals surface area contributed by atoms with Gasteiger partial charge in [-0.1, -0.05) is 0 Å². The first-order valence-corrected chi connectivity index (χ1v) is 3.77. The summed E-state index contributed by atoms with van der Waals surface area (Å²) in [6.07, 6.45) is 0. The summed E-state index contributed by atoms with van der Waals surface area (Å²) in [5, 5.41) is 10.3. The lowest BCUT2D eigenvalue weighted by Crippen LogP contribution is -1.94. The molecular weight excluding hydrogens is 180 g/mol. The van der Waals surface area contributed by atoms with Crippen LogP contribution in [0, 0.1) is 10.1 Å². The molecule has 0 amide bonds. The van der Waals surface area contributed by atoms with E-state index in [0.717, 1.165) is 0 Å². The maximum atomic E-state index is 10.3. The van der Waals surface area contributed by atoms with Gasteiger partial charge in [0.2, 0.25) is 0 Å². The maximum absolute atomic E-state index is 10.3. The van der Waals surface area contributed by atoms with Crippen molar-refractivity contribution in [3.05, 3.63) is 33.9 Å². The first-order valence-electron chi connectivity index (χ1n) is 3.24. The van der Waals surface area contributed by atoms with Gasteiger partial charge in [-0.2, -0.15) is 0 Å². The minimum atomic E-state index is -0.492. The van der Waals surface area contributed by atoms with E-state index in [0.29, 0.717) is 11.3 Å². The number of benzene rings is 1. The molecule has 1 aromatic carbocycles. The Bertz CT molecular complexity index is 314. The highest BCUT2D eigenvalue weighted by Crippen LogP contribution is 2.20. The Balaban J connectivity index is 3.10. The predicted molar refractivity (Wildman–Crippen MR) is 47.1 cm³/mol. The zero-order valence-electron chi connectivity index (χ0n) is 6.16. The quantitative estimate of drug-likeness (QED) is 0.332. The fraction of sp³-hybridized carbons (Fsp3) is 0.143. The normalized spacial score (nSPS) is 9.75. The maximum Gasteiger partial charge on any atom is 0.271 e. The molecule has 0 saturated heterocycles. The largest absolute Gasteiger partial charge is 0.398 e. The number of hydrogen-bond donors (Lipinski definition) is 1. The van der Waals surface area contributed by atoms with E-state index in [1.807, 2.05) is 0 Å². The van der Waals surface area contributed by atoms with Crippen LogP contribution in [-0.4, -0.2) is 4.92 Å². The first kappa shape index (κ1) is 8.80. The molecule has 0 spiro atoms. The molecule has 0 radical (unpaired) electrons. The second kappa shape index (κ2) is 3.40. The lowest BCUT2D eigenvalue weighted by atomic mass is 10.2. The summed E-state index contributed by atoms with van der Waals surface area (Å²) in [5.41, 5.74) is 6.54. The summed E-state index contributed by atoms with van der Waals surface area (Å²) in [6, 6.07) is 4.24. The molecule has 2 N–H and O–H groups in total. The summed E-state index contributed by atoms with van der Waals surface area (Å²) in [5.74, 6) is 0.268. The molecule has 12 heavy (non-hydrogen) atoms. The minimum Gasteiger partial charge on any atom is -0.398 e. The van der Waals surface area contributed by atoms with Gasteiger partial charge in [0.05, 0.1) is 4.92 Å². The van der Waals surface area contributed by atoms with E-state index in [2.05, 4.69) is 0 Å². The predicted octanol–water partition coefficient (Wildman–Crippen LogP) is 1.92. The highest BCUT2D eigenvalue weighted by atomic mass is 35.5. The van der Waals surface area contributed by atoms with Gasteiger partial charge in [0.15, 0.2) is 0 Å². The molecule has 0 heterocycles. The minimum absolute atomic E-state index is 0.0126. The number of nitro benzene ring substituents is 1. The Morgan fingerprint density at radius 3 is 2.67 bits per heavy atom. The number of nitro groups is 1. The summed E-state index contributed by atoms with van der Waals surface area (Å²) >= 11 is 5.51. The fourth-order valence-corrected chi connectivity index (χ4v) is 1.06. The van der Waals surface area contributed by atoms with Gasteiger partial charge in [-0.15, -0.1) is 11.6 Å². The molecule has 0 aliphatic heterocycles. The molecule has 4 nitrogen and oxygen atoms in total. The monoisotopic (exact) mass is 186 g/mol. The van der Waals surface area contributed by atoms with E-state index >= 15 is 0 Å². The number of alkyl halides is 1. The highest BCUT2D eigenvalue weighted by Gasteiger charge is 2.07. The number of non-ortho nitro benzene ring substituents is 1. The van der Waals surface area contributed by atoms with E-state index in [1.54, 1.807) is 6.07 Å². The van der Waals surface area contributed by atoms with Crippen molar-refractivity contribution < 1.29 is 4.92 Å². The van der Waals surface area contributed by atoms with Crippen LogP contribution >= 0.6 is 11.6 Å². The van der Waals surface area contributed by atoms with Crippen LogP contribution in [0.15, 0.2) is 18.2 Å². The molecule has 1 rings (SSSR count). The number of rotatable bonds is 2. The van der Waals surface area contributed by atoms with Crippen molar-refractivity contribution in [1.82, 2.24) is 0 Å². The third kappa shape index (κ3) is 1.65. The average Bonchev–Trinajstić information content (AvgIpc) is 2.04. The number of nitrogens with zero attached hydrogens (tertiary/aromatic N) is 1. The van der Waals surface area contributed by atoms with Crippen molar-refractivity contribution in [2.75, 3.05) is 5.73 Å². The molecule has 64 valence electrons. The van der Waals surface area contributed by atoms with Crippen LogP contribution in [-0.2, 0) is 5.88 Å².